The van der Waals surface area contributed by atoms with Gasteiger partial charge in [0.05, 0.1) is 20.0 Å². The van der Waals surface area contributed by atoms with Gasteiger partial charge in [-0.3, -0.25) is 4.79 Å². The van der Waals surface area contributed by atoms with Crippen LogP contribution in [0.2, 0.25) is 0 Å². The summed E-state index contributed by atoms with van der Waals surface area (Å²) < 4.78 is 10.6. The molecule has 1 unspecified atom stereocenters. The standard InChI is InChI=1S/C20H26N4O3S/c1-26-17-6-5-14(10-18(17)27-2)15-11-23-20(24-12-15)28-13-19(25)22-9-7-16-4-3-8-21-16/h5-6,10-12,16,21H,3-4,7-9,13H2,1-2H3,(H,22,25). The lowest BCUT2D eigenvalue weighted by molar-refractivity contribution is -0.118. The summed E-state index contributed by atoms with van der Waals surface area (Å²) in [6.07, 6.45) is 6.91. The van der Waals surface area contributed by atoms with E-state index in [4.69, 9.17) is 9.47 Å². The first-order valence-corrected chi connectivity index (χ1v) is 10.4. The molecule has 1 aromatic carbocycles. The molecule has 28 heavy (non-hydrogen) atoms. The monoisotopic (exact) mass is 402 g/mol. The minimum Gasteiger partial charge on any atom is -0.493 e. The number of hydrogen-bond donors (Lipinski definition) is 2. The Bertz CT molecular complexity index is 780. The summed E-state index contributed by atoms with van der Waals surface area (Å²) in [5.41, 5.74) is 1.81. The van der Waals surface area contributed by atoms with Crippen LogP contribution in [-0.2, 0) is 4.79 Å². The van der Waals surface area contributed by atoms with E-state index in [2.05, 4.69) is 20.6 Å². The Morgan fingerprint density at radius 3 is 2.68 bits per heavy atom. The van der Waals surface area contributed by atoms with E-state index in [1.807, 2.05) is 18.2 Å². The molecule has 0 spiro atoms. The maximum Gasteiger partial charge on any atom is 0.230 e. The first-order chi connectivity index (χ1) is 13.7. The van der Waals surface area contributed by atoms with Crippen LogP contribution in [0.4, 0.5) is 0 Å². The number of hydrogen-bond acceptors (Lipinski definition) is 7. The van der Waals surface area contributed by atoms with Crippen LogP contribution in [0.3, 0.4) is 0 Å². The molecule has 1 aliphatic rings. The number of thioether (sulfide) groups is 1. The SMILES string of the molecule is COc1ccc(-c2cnc(SCC(=O)NCCC3CCCN3)nc2)cc1OC. The summed E-state index contributed by atoms with van der Waals surface area (Å²) in [5, 5.41) is 6.97. The van der Waals surface area contributed by atoms with Gasteiger partial charge in [-0.15, -0.1) is 0 Å². The van der Waals surface area contributed by atoms with E-state index >= 15 is 0 Å². The fourth-order valence-electron chi connectivity index (χ4n) is 3.13. The van der Waals surface area contributed by atoms with Crippen LogP contribution in [-0.4, -0.2) is 55.0 Å². The minimum absolute atomic E-state index is 0.00978. The molecule has 1 atom stereocenters. The van der Waals surface area contributed by atoms with Crippen molar-refractivity contribution >= 4 is 17.7 Å². The molecule has 2 N–H and O–H groups in total. The zero-order valence-electron chi connectivity index (χ0n) is 16.2. The van der Waals surface area contributed by atoms with E-state index < -0.39 is 0 Å². The number of rotatable bonds is 9. The second kappa shape index (κ2) is 10.3. The van der Waals surface area contributed by atoms with Crippen LogP contribution >= 0.6 is 11.8 Å². The Balaban J connectivity index is 1.48. The second-order valence-corrected chi connectivity index (χ2v) is 7.49. The van der Waals surface area contributed by atoms with Crippen molar-refractivity contribution in [1.29, 1.82) is 0 Å². The first-order valence-electron chi connectivity index (χ1n) is 9.37. The fraction of sp³-hybridized carbons (Fsp3) is 0.450. The average Bonchev–Trinajstić information content (AvgIpc) is 3.25. The van der Waals surface area contributed by atoms with Crippen LogP contribution in [0.1, 0.15) is 19.3 Å². The minimum atomic E-state index is 0.00978. The van der Waals surface area contributed by atoms with Crippen molar-refractivity contribution in [3.05, 3.63) is 30.6 Å². The van der Waals surface area contributed by atoms with E-state index in [-0.39, 0.29) is 5.91 Å². The van der Waals surface area contributed by atoms with Crippen LogP contribution < -0.4 is 20.1 Å². The van der Waals surface area contributed by atoms with Crippen LogP contribution in [0, 0.1) is 0 Å². The highest BCUT2D eigenvalue weighted by atomic mass is 32.2. The van der Waals surface area contributed by atoms with Crippen molar-refractivity contribution in [1.82, 2.24) is 20.6 Å². The highest BCUT2D eigenvalue weighted by molar-refractivity contribution is 7.99. The summed E-state index contributed by atoms with van der Waals surface area (Å²) in [6.45, 7) is 1.79. The molecular weight excluding hydrogens is 376 g/mol. The van der Waals surface area contributed by atoms with Gasteiger partial charge in [-0.25, -0.2) is 9.97 Å². The summed E-state index contributed by atoms with van der Waals surface area (Å²) in [4.78, 5) is 20.7. The van der Waals surface area contributed by atoms with Crippen molar-refractivity contribution in [2.75, 3.05) is 33.1 Å². The zero-order chi connectivity index (χ0) is 19.8. The van der Waals surface area contributed by atoms with Crippen molar-refractivity contribution < 1.29 is 14.3 Å². The third-order valence-electron chi connectivity index (χ3n) is 4.65. The van der Waals surface area contributed by atoms with Gasteiger partial charge in [-0.2, -0.15) is 0 Å². The summed E-state index contributed by atoms with van der Waals surface area (Å²) >= 11 is 1.33. The second-order valence-electron chi connectivity index (χ2n) is 6.54. The number of amides is 1. The van der Waals surface area contributed by atoms with Crippen molar-refractivity contribution in [2.24, 2.45) is 0 Å². The molecule has 1 saturated heterocycles. The number of aromatic nitrogens is 2. The predicted molar refractivity (Wildman–Crippen MR) is 110 cm³/mol. The Kier molecular flexibility index (Phi) is 7.50. The van der Waals surface area contributed by atoms with Crippen LogP contribution in [0.5, 0.6) is 11.5 Å². The van der Waals surface area contributed by atoms with Crippen molar-refractivity contribution in [2.45, 2.75) is 30.5 Å². The molecule has 2 aromatic rings. The number of benzene rings is 1. The zero-order valence-corrected chi connectivity index (χ0v) is 17.1. The van der Waals surface area contributed by atoms with Gasteiger partial charge < -0.3 is 20.1 Å². The first kappa shape index (κ1) is 20.4. The summed E-state index contributed by atoms with van der Waals surface area (Å²) in [5.74, 6) is 1.65. The predicted octanol–water partition coefficient (Wildman–Crippen LogP) is 2.51. The average molecular weight is 403 g/mol. The number of carbonyl (C=O) groups excluding carboxylic acids is 1. The van der Waals surface area contributed by atoms with E-state index in [0.29, 0.717) is 35.0 Å². The number of carbonyl (C=O) groups is 1. The highest BCUT2D eigenvalue weighted by Gasteiger charge is 2.14. The molecule has 0 saturated carbocycles. The van der Waals surface area contributed by atoms with E-state index in [9.17, 15) is 4.79 Å². The smallest absolute Gasteiger partial charge is 0.230 e. The molecule has 2 heterocycles. The molecule has 7 nitrogen and oxygen atoms in total. The fourth-order valence-corrected chi connectivity index (χ4v) is 3.74. The van der Waals surface area contributed by atoms with Gasteiger partial charge in [0.1, 0.15) is 0 Å². The van der Waals surface area contributed by atoms with E-state index in [1.54, 1.807) is 26.6 Å². The maximum atomic E-state index is 12.0. The Hall–Kier alpha value is -2.32. The molecule has 0 bridgehead atoms. The molecule has 1 amide bonds. The van der Waals surface area contributed by atoms with Gasteiger partial charge in [-0.1, -0.05) is 17.8 Å². The highest BCUT2D eigenvalue weighted by Crippen LogP contribution is 2.32. The van der Waals surface area contributed by atoms with Crippen molar-refractivity contribution in [3.63, 3.8) is 0 Å². The Morgan fingerprint density at radius 2 is 2.00 bits per heavy atom. The lowest BCUT2D eigenvalue weighted by atomic mass is 10.1. The number of ether oxygens (including phenoxy) is 2. The lowest BCUT2D eigenvalue weighted by Gasteiger charge is -2.10. The molecule has 0 aliphatic carbocycles. The molecule has 3 rings (SSSR count). The Labute approximate surface area is 169 Å². The number of nitrogens with zero attached hydrogens (tertiary/aromatic N) is 2. The summed E-state index contributed by atoms with van der Waals surface area (Å²) in [6, 6.07) is 6.21. The molecule has 1 aromatic heterocycles. The Morgan fingerprint density at radius 1 is 1.21 bits per heavy atom. The molecule has 1 aliphatic heterocycles. The molecule has 0 radical (unpaired) electrons. The number of methoxy groups -OCH3 is 2. The normalized spacial score (nSPS) is 16.0. The van der Waals surface area contributed by atoms with Gasteiger partial charge in [0.25, 0.3) is 0 Å². The third kappa shape index (κ3) is 5.59. The van der Waals surface area contributed by atoms with E-state index in [0.717, 1.165) is 24.1 Å². The molecular formula is C20H26N4O3S. The molecule has 150 valence electrons. The van der Waals surface area contributed by atoms with Gasteiger partial charge in [-0.05, 0) is 43.5 Å². The topological polar surface area (TPSA) is 85.4 Å². The molecule has 1 fully saturated rings. The van der Waals surface area contributed by atoms with Crippen molar-refractivity contribution in [3.8, 4) is 22.6 Å². The van der Waals surface area contributed by atoms with Gasteiger partial charge in [0, 0.05) is 30.5 Å². The van der Waals surface area contributed by atoms with Crippen LogP contribution in [0.15, 0.2) is 35.7 Å². The van der Waals surface area contributed by atoms with Gasteiger partial charge in [0.15, 0.2) is 16.7 Å². The number of nitrogens with one attached hydrogen (secondary N) is 2. The maximum absolute atomic E-state index is 12.0. The molecule has 8 heteroatoms. The van der Waals surface area contributed by atoms with Gasteiger partial charge in [0.2, 0.25) is 5.91 Å². The van der Waals surface area contributed by atoms with Crippen LogP contribution in [0.25, 0.3) is 11.1 Å². The summed E-state index contributed by atoms with van der Waals surface area (Å²) in [7, 11) is 3.21. The quantitative estimate of drug-likeness (QED) is 0.492. The van der Waals surface area contributed by atoms with Gasteiger partial charge >= 0.3 is 0 Å². The third-order valence-corrected chi connectivity index (χ3v) is 5.53. The largest absolute Gasteiger partial charge is 0.493 e. The lowest BCUT2D eigenvalue weighted by Crippen LogP contribution is -2.31. The van der Waals surface area contributed by atoms with E-state index in [1.165, 1.54) is 24.6 Å².